The zero-order valence-corrected chi connectivity index (χ0v) is 31.5. The molecule has 11 nitrogen and oxygen atoms in total. The van der Waals surface area contributed by atoms with Gasteiger partial charge < -0.3 is 9.64 Å². The van der Waals surface area contributed by atoms with E-state index in [2.05, 4.69) is 19.7 Å². The molecule has 4 aliphatic rings. The molecule has 6 heterocycles. The Labute approximate surface area is 314 Å². The molecule has 3 saturated heterocycles. The molecule has 3 atom stereocenters. The molecule has 53 heavy (non-hydrogen) atoms. The number of benzene rings is 1. The number of fused-ring (bicyclic) bond motifs is 3. The summed E-state index contributed by atoms with van der Waals surface area (Å²) >= 11 is 0.932. The van der Waals surface area contributed by atoms with Gasteiger partial charge in [-0.1, -0.05) is 6.07 Å². The van der Waals surface area contributed by atoms with Crippen LogP contribution in [-0.2, 0) is 24.1 Å². The van der Waals surface area contributed by atoms with E-state index in [0.29, 0.717) is 16.9 Å². The number of piperazine rings is 1. The Hall–Kier alpha value is -4.67. The molecule has 0 radical (unpaired) electrons. The van der Waals surface area contributed by atoms with Crippen molar-refractivity contribution in [3.8, 4) is 11.8 Å². The van der Waals surface area contributed by atoms with Gasteiger partial charge in [-0.25, -0.2) is 13.2 Å². The van der Waals surface area contributed by atoms with Gasteiger partial charge in [-0.05, 0) is 31.5 Å². The summed E-state index contributed by atoms with van der Waals surface area (Å²) in [5.74, 6) is -2.95. The van der Waals surface area contributed by atoms with Gasteiger partial charge in [0.25, 0.3) is 0 Å². The first kappa shape index (κ1) is 36.7. The summed E-state index contributed by atoms with van der Waals surface area (Å²) in [6, 6.07) is 3.47. The summed E-state index contributed by atoms with van der Waals surface area (Å²) in [5, 5.41) is 0.218. The van der Waals surface area contributed by atoms with Crippen molar-refractivity contribution in [2.24, 2.45) is 0 Å². The van der Waals surface area contributed by atoms with Crippen LogP contribution in [0.2, 0.25) is 0 Å². The Morgan fingerprint density at radius 2 is 2.04 bits per heavy atom. The fourth-order valence-corrected chi connectivity index (χ4v) is 8.35. The molecule has 0 unspecified atom stereocenters. The van der Waals surface area contributed by atoms with Gasteiger partial charge in [0.1, 0.15) is 30.8 Å². The molecule has 1 amide bonds. The molecule has 276 valence electrons. The third-order valence-corrected chi connectivity index (χ3v) is 11.0. The van der Waals surface area contributed by atoms with Gasteiger partial charge in [0, 0.05) is 13.0 Å². The predicted molar refractivity (Wildman–Crippen MR) is 186 cm³/mol. The van der Waals surface area contributed by atoms with Gasteiger partial charge in [0.05, 0.1) is 12.1 Å². The molecule has 0 bridgehead atoms. The summed E-state index contributed by atoms with van der Waals surface area (Å²) in [6.45, 7) is 14.5. The second kappa shape index (κ2) is 15.4. The number of ether oxygens (including phenoxy) is 2. The van der Waals surface area contributed by atoms with Crippen LogP contribution in [0.15, 0.2) is 54.5 Å². The molecule has 3 fully saturated rings. The van der Waals surface area contributed by atoms with Crippen molar-refractivity contribution in [1.82, 2.24) is 24.8 Å². The zero-order chi connectivity index (χ0) is 37.3. The average molecular weight is 900 g/mol. The quantitative estimate of drug-likeness (QED) is 0.123. The van der Waals surface area contributed by atoms with Crippen LogP contribution in [0.3, 0.4) is 0 Å². The van der Waals surface area contributed by atoms with Crippen LogP contribution >= 0.6 is 0 Å². The van der Waals surface area contributed by atoms with Crippen molar-refractivity contribution >= 4 is 38.0 Å². The Balaban J connectivity index is 1.25. The summed E-state index contributed by atoms with van der Waals surface area (Å²) in [6.07, 6.45) is 7.92. The summed E-state index contributed by atoms with van der Waals surface area (Å²) in [5.41, 5.74) is -0.625. The van der Waals surface area contributed by atoms with E-state index < -0.39 is 41.1 Å². The fourth-order valence-electron chi connectivity index (χ4n) is 7.70. The van der Waals surface area contributed by atoms with Crippen molar-refractivity contribution in [3.63, 3.8) is 0 Å². The first-order valence-electron chi connectivity index (χ1n) is 17.2. The number of carbonyl (C=O) groups is 1. The number of alkyl halides is 1. The van der Waals surface area contributed by atoms with E-state index in [1.165, 1.54) is 40.3 Å². The summed E-state index contributed by atoms with van der Waals surface area (Å²) < 4.78 is 74.1. The molecule has 7 rings (SSSR count). The zero-order valence-electron chi connectivity index (χ0n) is 28.6. The van der Waals surface area contributed by atoms with E-state index in [-0.39, 0.29) is 85.9 Å². The van der Waals surface area contributed by atoms with Gasteiger partial charge in [-0.2, -0.15) is 0 Å². The minimum atomic E-state index is -0.989. The van der Waals surface area contributed by atoms with E-state index in [1.54, 1.807) is 17.0 Å². The Kier molecular flexibility index (Phi) is 10.6. The number of allylic oxidation sites excluding steroid dienone is 4. The maximum absolute atomic E-state index is 16.8. The Morgan fingerprint density at radius 1 is 1.19 bits per heavy atom. The monoisotopic (exact) mass is 899 g/mol. The van der Waals surface area contributed by atoms with Crippen LogP contribution in [0.4, 0.5) is 34.9 Å². The first-order chi connectivity index (χ1) is 25.6. The number of anilines is 3. The van der Waals surface area contributed by atoms with E-state index in [1.807, 2.05) is 0 Å². The molecule has 0 saturated carbocycles. The molecule has 4 aliphatic heterocycles. The van der Waals surface area contributed by atoms with Crippen LogP contribution in [0.25, 0.3) is 15.7 Å². The van der Waals surface area contributed by atoms with E-state index >= 15 is 13.2 Å². The number of halogens is 4. The normalized spacial score (nSPS) is 23.2. The molecular formula is C37H35F4N8O3W-. The van der Waals surface area contributed by atoms with Crippen LogP contribution in [0.5, 0.6) is 11.8 Å². The van der Waals surface area contributed by atoms with Crippen molar-refractivity contribution in [2.75, 3.05) is 68.8 Å². The molecule has 2 aromatic heterocycles. The van der Waals surface area contributed by atoms with Crippen molar-refractivity contribution in [1.29, 1.82) is 0 Å². The second-order valence-electron chi connectivity index (χ2n) is 13.3. The van der Waals surface area contributed by atoms with Crippen LogP contribution in [-0.4, -0.2) is 111 Å². The molecular weight excluding hydrogens is 864 g/mol. The molecule has 0 N–H and O–H groups in total. The fraction of sp³-hybridized carbons (Fsp3) is 0.405. The first-order valence-corrected chi connectivity index (χ1v) is 18.7. The number of para-hydroxylation sites is 1. The van der Waals surface area contributed by atoms with Gasteiger partial charge >= 0.3 is 183 Å². The Bertz CT molecular complexity index is 2060. The topological polar surface area (TPSA) is 91.5 Å². The number of aromatic nitrogens is 3. The van der Waals surface area contributed by atoms with Gasteiger partial charge in [-0.15, -0.1) is 0 Å². The predicted octanol–water partition coefficient (Wildman–Crippen LogP) is 4.84. The molecule has 0 spiro atoms. The third kappa shape index (κ3) is 7.19. The maximum atomic E-state index is 16.8. The SMILES string of the molecule is [C-]#[N+]C[C@H]1CN(c2nc(OC[C@@]34CCCN3C[C@H](F)C4)nc3c(F)c(N4CCOc5cccc(F)c54)ncc23)CCN1C(=O)/C(F)=C/[C](=[W])/C=C\C=[CH-]. The van der Waals surface area contributed by atoms with Crippen LogP contribution in [0.1, 0.15) is 19.3 Å². The number of hydrogen-bond donors (Lipinski definition) is 0. The number of nitrogens with zero attached hydrogens (tertiary/aromatic N) is 8. The third-order valence-electron chi connectivity index (χ3n) is 10.1. The average Bonchev–Trinajstić information content (AvgIpc) is 3.68. The van der Waals surface area contributed by atoms with Crippen LogP contribution < -0.4 is 19.3 Å². The second-order valence-corrected chi connectivity index (χ2v) is 15.0. The van der Waals surface area contributed by atoms with E-state index in [4.69, 9.17) is 27.6 Å². The van der Waals surface area contributed by atoms with Crippen molar-refractivity contribution in [3.05, 3.63) is 84.2 Å². The number of amides is 1. The summed E-state index contributed by atoms with van der Waals surface area (Å²) in [7, 11) is 0. The summed E-state index contributed by atoms with van der Waals surface area (Å²) in [4.78, 5) is 37.0. The van der Waals surface area contributed by atoms with Gasteiger partial charge in [-0.3, -0.25) is 4.90 Å². The molecule has 16 heteroatoms. The molecule has 1 aromatic carbocycles. The van der Waals surface area contributed by atoms with Crippen molar-refractivity contribution < 1.29 is 51.2 Å². The minimum absolute atomic E-state index is 0.0358. The van der Waals surface area contributed by atoms with E-state index in [9.17, 15) is 9.18 Å². The number of hydrogen-bond acceptors (Lipinski definition) is 9. The molecule has 3 aromatic rings. The van der Waals surface area contributed by atoms with E-state index in [0.717, 1.165) is 44.8 Å². The van der Waals surface area contributed by atoms with Crippen LogP contribution in [0, 0.1) is 24.8 Å². The van der Waals surface area contributed by atoms with Crippen molar-refractivity contribution in [2.45, 2.75) is 37.0 Å². The Morgan fingerprint density at radius 3 is 2.85 bits per heavy atom. The van der Waals surface area contributed by atoms with Gasteiger partial charge in [0.15, 0.2) is 11.6 Å². The number of carbonyl (C=O) groups excluding carboxylic acids is 1. The standard InChI is InChI=1S/C37H35F4N8O3.W/c1-3-4-5-6-9-28(40)35(50)48-15-14-46(22-25(48)19-42-2)33-26-20-43-34(49-16-17-51-29-11-7-10-27(39)32(29)49)30(41)31(26)44-36(45-33)52-23-37-12-8-13-47(37)21-24(38)18-37;/h1,3-5,7,9-11,20,24-25H,8,12-19,21-23H2;/q-1;/b5-4-,28-9-;/t24-,25+,37+;/m1./s1. The number of pyridine rings is 1. The number of rotatable bonds is 10. The molecule has 0 aliphatic carbocycles. The van der Waals surface area contributed by atoms with Gasteiger partial charge in [0.2, 0.25) is 0 Å².